The van der Waals surface area contributed by atoms with Gasteiger partial charge in [0.05, 0.1) is 24.0 Å². The summed E-state index contributed by atoms with van der Waals surface area (Å²) in [5.41, 5.74) is 4.94. The monoisotopic (exact) mass is 837 g/mol. The molecule has 9 heteroatoms. The Bertz CT molecular complexity index is 1940. The van der Waals surface area contributed by atoms with Crippen LogP contribution in [0.25, 0.3) is 0 Å². The number of ether oxygens (including phenoxy) is 2. The summed E-state index contributed by atoms with van der Waals surface area (Å²) in [7, 11) is 0. The van der Waals surface area contributed by atoms with Gasteiger partial charge >= 0.3 is 17.9 Å². The van der Waals surface area contributed by atoms with Gasteiger partial charge in [-0.05, 0) is 128 Å². The van der Waals surface area contributed by atoms with Crippen molar-refractivity contribution in [1.82, 2.24) is 9.80 Å². The third-order valence-corrected chi connectivity index (χ3v) is 11.0. The van der Waals surface area contributed by atoms with Crippen LogP contribution in [-0.4, -0.2) is 75.2 Å². The van der Waals surface area contributed by atoms with Gasteiger partial charge in [-0.1, -0.05) is 94.4 Å². The summed E-state index contributed by atoms with van der Waals surface area (Å²) in [5.74, 6) is -1.09. The maximum absolute atomic E-state index is 12.3. The van der Waals surface area contributed by atoms with E-state index in [1.54, 1.807) is 26.0 Å². The van der Waals surface area contributed by atoms with Crippen molar-refractivity contribution in [2.75, 3.05) is 13.1 Å². The van der Waals surface area contributed by atoms with Crippen LogP contribution in [0.1, 0.15) is 146 Å². The summed E-state index contributed by atoms with van der Waals surface area (Å²) in [6.07, 6.45) is 1.66. The summed E-state index contributed by atoms with van der Waals surface area (Å²) >= 11 is 0. The number of carbonyl (C=O) groups excluding carboxylic acids is 2. The number of rotatable bonds is 20. The molecule has 0 bridgehead atoms. The van der Waals surface area contributed by atoms with Gasteiger partial charge in [0.1, 0.15) is 11.5 Å². The van der Waals surface area contributed by atoms with Gasteiger partial charge in [0, 0.05) is 47.1 Å². The lowest BCUT2D eigenvalue weighted by Crippen LogP contribution is -2.38. The van der Waals surface area contributed by atoms with Crippen molar-refractivity contribution in [3.63, 3.8) is 0 Å². The molecule has 4 aromatic rings. The minimum Gasteiger partial charge on any atom is -0.478 e. The maximum atomic E-state index is 12.3. The van der Waals surface area contributed by atoms with Gasteiger partial charge in [0.25, 0.3) is 0 Å². The zero-order valence-corrected chi connectivity index (χ0v) is 38.7. The number of hydrogen-bond acceptors (Lipinski definition) is 8. The number of aromatic carboxylic acids is 1. The second-order valence-corrected chi connectivity index (χ2v) is 17.6. The molecule has 0 aromatic heterocycles. The highest BCUT2D eigenvalue weighted by atomic mass is 16.5. The molecule has 0 radical (unpaired) electrons. The lowest BCUT2D eigenvalue weighted by molar-refractivity contribution is -0.138. The van der Waals surface area contributed by atoms with Crippen LogP contribution in [0.3, 0.4) is 0 Å². The van der Waals surface area contributed by atoms with Crippen LogP contribution < -0.4 is 9.47 Å². The van der Waals surface area contributed by atoms with Crippen LogP contribution >= 0.6 is 0 Å². The van der Waals surface area contributed by atoms with E-state index in [9.17, 15) is 24.6 Å². The average molecular weight is 837 g/mol. The smallest absolute Gasteiger partial charge is 0.335 e. The topological polar surface area (TPSA) is 117 Å². The van der Waals surface area contributed by atoms with Crippen LogP contribution in [0.5, 0.6) is 11.5 Å². The van der Waals surface area contributed by atoms with E-state index in [1.807, 2.05) is 80.6 Å². The number of aliphatic hydroxyl groups is 1. The highest BCUT2D eigenvalue weighted by molar-refractivity contribution is 5.88. The largest absolute Gasteiger partial charge is 0.478 e. The number of aliphatic hydroxyl groups excluding tert-OH is 1. The first-order valence-corrected chi connectivity index (χ1v) is 22.0. The molecular weight excluding hydrogens is 765 g/mol. The van der Waals surface area contributed by atoms with Crippen LogP contribution in [0.2, 0.25) is 0 Å². The third-order valence-electron chi connectivity index (χ3n) is 11.0. The fourth-order valence-corrected chi connectivity index (χ4v) is 7.72. The summed E-state index contributed by atoms with van der Waals surface area (Å²) in [6, 6.07) is 32.4. The molecule has 0 aliphatic heterocycles. The second kappa shape index (κ2) is 24.6. The molecule has 0 heterocycles. The SMILES string of the molecule is CC(C)C(=O)Oc1ccc(C(=O)O)cc1[C@H](CCN(C(C)C)C(C)C)c1ccccc1.CC(C)C(=O)Oc1ccc(CO)cc1[C@H](CCN(C(C)C)C(C)C)c1ccccc1. The molecule has 61 heavy (non-hydrogen) atoms. The molecule has 0 fully saturated rings. The predicted octanol–water partition coefficient (Wildman–Crippen LogP) is 11.0. The molecule has 4 rings (SSSR count). The summed E-state index contributed by atoms with van der Waals surface area (Å²) in [5, 5.41) is 19.3. The van der Waals surface area contributed by atoms with E-state index in [0.717, 1.165) is 48.2 Å². The minimum atomic E-state index is -0.999. The molecule has 9 nitrogen and oxygen atoms in total. The van der Waals surface area contributed by atoms with Crippen LogP contribution in [0.15, 0.2) is 97.1 Å². The average Bonchev–Trinajstić information content (AvgIpc) is 3.21. The van der Waals surface area contributed by atoms with Crippen molar-refractivity contribution in [1.29, 1.82) is 0 Å². The molecule has 0 amide bonds. The maximum Gasteiger partial charge on any atom is 0.335 e. The normalized spacial score (nSPS) is 12.7. The number of hydrogen-bond donors (Lipinski definition) is 2. The number of carboxylic acids is 1. The third kappa shape index (κ3) is 15.2. The van der Waals surface area contributed by atoms with Crippen molar-refractivity contribution < 1.29 is 34.1 Å². The second-order valence-electron chi connectivity index (χ2n) is 17.6. The van der Waals surface area contributed by atoms with E-state index >= 15 is 0 Å². The van der Waals surface area contributed by atoms with E-state index in [2.05, 4.69) is 77.3 Å². The Morgan fingerprint density at radius 3 is 1.25 bits per heavy atom. The summed E-state index contributed by atoms with van der Waals surface area (Å²) in [6.45, 7) is 26.6. The number of benzene rings is 4. The molecule has 0 aliphatic rings. The molecule has 4 aromatic carbocycles. The van der Waals surface area contributed by atoms with Gasteiger partial charge in [-0.15, -0.1) is 0 Å². The van der Waals surface area contributed by atoms with Crippen molar-refractivity contribution in [2.24, 2.45) is 11.8 Å². The first-order valence-electron chi connectivity index (χ1n) is 22.0. The lowest BCUT2D eigenvalue weighted by Gasteiger charge is -2.32. The highest BCUT2D eigenvalue weighted by Crippen LogP contribution is 2.38. The zero-order valence-electron chi connectivity index (χ0n) is 38.7. The van der Waals surface area contributed by atoms with E-state index in [-0.39, 0.29) is 47.8 Å². The Morgan fingerprint density at radius 1 is 0.525 bits per heavy atom. The molecule has 332 valence electrons. The lowest BCUT2D eigenvalue weighted by atomic mass is 9.86. The Balaban J connectivity index is 0.000000325. The van der Waals surface area contributed by atoms with Crippen molar-refractivity contribution in [3.05, 3.63) is 130 Å². The van der Waals surface area contributed by atoms with Gasteiger partial charge in [-0.3, -0.25) is 19.4 Å². The standard InChI is InChI=1S/C26H35NO4.C26H37NO3/c1-17(2)26(30)31-24-13-12-21(25(28)29)16-23(24)22(20-10-8-7-9-11-20)14-15-27(18(3)4)19(5)6;1-18(2)26(29)30-25-13-12-21(17-28)16-24(25)23(22-10-8-7-9-11-22)14-15-27(19(3)4)20(5)6/h7-13,16-19,22H,14-15H2,1-6H3,(H,28,29);7-13,16,18-20,23,28H,14-15,17H2,1-6H3/t22-;23-/m11/s1. The molecule has 2 atom stereocenters. The van der Waals surface area contributed by atoms with Gasteiger partial charge in [-0.25, -0.2) is 4.79 Å². The van der Waals surface area contributed by atoms with E-state index < -0.39 is 5.97 Å². The number of nitrogens with zero attached hydrogens (tertiary/aromatic N) is 2. The Kier molecular flexibility index (Phi) is 20.4. The number of carbonyl (C=O) groups is 3. The highest BCUT2D eigenvalue weighted by Gasteiger charge is 2.26. The fraction of sp³-hybridized carbons (Fsp3) is 0.481. The van der Waals surface area contributed by atoms with Crippen molar-refractivity contribution in [3.8, 4) is 11.5 Å². The van der Waals surface area contributed by atoms with Gasteiger partial charge < -0.3 is 19.7 Å². The predicted molar refractivity (Wildman–Crippen MR) is 246 cm³/mol. The van der Waals surface area contributed by atoms with Crippen LogP contribution in [0, 0.1) is 11.8 Å². The first kappa shape index (κ1) is 50.5. The van der Waals surface area contributed by atoms with E-state index in [1.165, 1.54) is 11.6 Å². The minimum absolute atomic E-state index is 0.0446. The quantitative estimate of drug-likeness (QED) is 0.0663. The van der Waals surface area contributed by atoms with Gasteiger partial charge in [0.15, 0.2) is 0 Å². The van der Waals surface area contributed by atoms with Crippen LogP contribution in [-0.2, 0) is 16.2 Å². The molecule has 0 saturated heterocycles. The Labute approximate surface area is 366 Å². The number of carboxylic acid groups (broad SMARTS) is 1. The first-order chi connectivity index (χ1) is 28.9. The fourth-order valence-electron chi connectivity index (χ4n) is 7.72. The molecule has 0 spiro atoms. The van der Waals surface area contributed by atoms with Gasteiger partial charge in [-0.2, -0.15) is 0 Å². The Morgan fingerprint density at radius 2 is 0.902 bits per heavy atom. The Hall–Kier alpha value is -4.83. The molecule has 0 saturated carbocycles. The number of esters is 2. The van der Waals surface area contributed by atoms with Gasteiger partial charge in [0.2, 0.25) is 0 Å². The van der Waals surface area contributed by atoms with Crippen molar-refractivity contribution in [2.45, 2.75) is 139 Å². The summed E-state index contributed by atoms with van der Waals surface area (Å²) in [4.78, 5) is 41.3. The van der Waals surface area contributed by atoms with E-state index in [0.29, 0.717) is 35.7 Å². The summed E-state index contributed by atoms with van der Waals surface area (Å²) < 4.78 is 11.5. The zero-order chi connectivity index (χ0) is 45.4. The van der Waals surface area contributed by atoms with E-state index in [4.69, 9.17) is 9.47 Å². The molecular formula is C52H72N2O7. The molecule has 0 unspecified atom stereocenters. The molecule has 0 aliphatic carbocycles. The van der Waals surface area contributed by atoms with Crippen molar-refractivity contribution >= 4 is 17.9 Å². The molecule has 2 N–H and O–H groups in total. The van der Waals surface area contributed by atoms with Crippen LogP contribution in [0.4, 0.5) is 0 Å².